The number of carbonyl (C=O) groups excluding carboxylic acids is 2. The zero-order valence-electron chi connectivity index (χ0n) is 14.9. The fourth-order valence-corrected chi connectivity index (χ4v) is 3.92. The molecule has 2 amide bonds. The first-order chi connectivity index (χ1) is 12.3. The van der Waals surface area contributed by atoms with Crippen molar-refractivity contribution in [2.24, 2.45) is 0 Å². The number of aromatic hydroxyl groups is 1. The Balaban J connectivity index is 0.00000261. The molecule has 0 bridgehead atoms. The first kappa shape index (κ1) is 21.9. The van der Waals surface area contributed by atoms with Crippen LogP contribution in [0.3, 0.4) is 0 Å². The molecule has 1 fully saturated rings. The number of hydrogen-bond donors (Lipinski definition) is 3. The van der Waals surface area contributed by atoms with Crippen molar-refractivity contribution in [1.82, 2.24) is 10.0 Å². The van der Waals surface area contributed by atoms with Gasteiger partial charge in [-0.05, 0) is 41.8 Å². The number of benzene rings is 2. The second kappa shape index (κ2) is 8.72. The van der Waals surface area contributed by atoms with Crippen molar-refractivity contribution < 1.29 is 23.1 Å². The summed E-state index contributed by atoms with van der Waals surface area (Å²) in [6.45, 7) is -0.372. The number of carbonyl (C=O) groups is 2. The van der Waals surface area contributed by atoms with Gasteiger partial charge in [-0.25, -0.2) is 9.03 Å². The third kappa shape index (κ3) is 4.89. The van der Waals surface area contributed by atoms with Crippen molar-refractivity contribution in [2.75, 3.05) is 17.9 Å². The van der Waals surface area contributed by atoms with Gasteiger partial charge in [0.2, 0.25) is 0 Å². The van der Waals surface area contributed by atoms with Crippen molar-refractivity contribution in [3.05, 3.63) is 59.2 Å². The van der Waals surface area contributed by atoms with Crippen LogP contribution in [0.1, 0.15) is 21.5 Å². The van der Waals surface area contributed by atoms with E-state index in [9.17, 15) is 23.1 Å². The second-order valence-electron chi connectivity index (χ2n) is 5.82. The van der Waals surface area contributed by atoms with E-state index in [-0.39, 0.29) is 75.3 Å². The second-order valence-corrected chi connectivity index (χ2v) is 7.41. The van der Waals surface area contributed by atoms with Crippen LogP contribution in [0.5, 0.6) is 5.75 Å². The molecule has 1 aliphatic rings. The predicted octanol–water partition coefficient (Wildman–Crippen LogP) is 0.143. The van der Waals surface area contributed by atoms with Crippen LogP contribution < -0.4 is 14.3 Å². The van der Waals surface area contributed by atoms with Gasteiger partial charge in [0.1, 0.15) is 12.3 Å². The molecule has 1 aliphatic heterocycles. The zero-order chi connectivity index (χ0) is 18.9. The van der Waals surface area contributed by atoms with E-state index >= 15 is 0 Å². The van der Waals surface area contributed by atoms with Crippen LogP contribution in [-0.4, -0.2) is 90.3 Å². The Hall–Kier alpha value is -1.43. The number of phenols is 1. The maximum atomic E-state index is 11.9. The normalized spacial score (nSPS) is 15.0. The van der Waals surface area contributed by atoms with Crippen molar-refractivity contribution >= 4 is 79.1 Å². The van der Waals surface area contributed by atoms with Gasteiger partial charge in [0.05, 0.1) is 5.69 Å². The third-order valence-corrected chi connectivity index (χ3v) is 5.34. The van der Waals surface area contributed by atoms with Gasteiger partial charge in [-0.15, -0.1) is 0 Å². The molecule has 1 radical (unpaired) electrons. The Morgan fingerprint density at radius 2 is 1.93 bits per heavy atom. The van der Waals surface area contributed by atoms with Crippen molar-refractivity contribution in [3.8, 4) is 5.75 Å². The summed E-state index contributed by atoms with van der Waals surface area (Å²) in [6.07, 6.45) is 0.447. The summed E-state index contributed by atoms with van der Waals surface area (Å²) in [5.74, 6) is -1.09. The van der Waals surface area contributed by atoms with E-state index < -0.39 is 16.1 Å². The summed E-state index contributed by atoms with van der Waals surface area (Å²) in [5.41, 5.74) is 2.16. The summed E-state index contributed by atoms with van der Waals surface area (Å²) in [7, 11) is -2.42. The molecule has 10 heteroatoms. The molecule has 0 unspecified atom stereocenters. The third-order valence-electron chi connectivity index (χ3n) is 3.95. The molecule has 3 N–H and O–H groups in total. The van der Waals surface area contributed by atoms with Crippen molar-refractivity contribution in [3.63, 3.8) is 0 Å². The molecular formula is C17H17KN3O5S. The molecule has 0 aliphatic carbocycles. The van der Waals surface area contributed by atoms with Gasteiger partial charge >= 0.3 is 10.2 Å². The molecule has 137 valence electrons. The summed E-state index contributed by atoms with van der Waals surface area (Å²) in [6, 6.07) is 11.6. The van der Waals surface area contributed by atoms with E-state index in [0.29, 0.717) is 12.0 Å². The largest absolute Gasteiger partial charge is 0.506 e. The van der Waals surface area contributed by atoms with E-state index in [1.54, 1.807) is 31.3 Å². The fourth-order valence-electron chi connectivity index (χ4n) is 2.75. The predicted molar refractivity (Wildman–Crippen MR) is 101 cm³/mol. The standard InChI is InChI=1S/C17H17N3O5S.K/c1-18-17(23)13-4-2-3-11(8-13)7-12-5-6-14(15(21)9-12)20-10-16(22)19-26(20,24)25;/h2-6,8-9,21H,7,10H2,1H3,(H,18,23)(H,19,22);. The van der Waals surface area contributed by atoms with Crippen LogP contribution >= 0.6 is 0 Å². The summed E-state index contributed by atoms with van der Waals surface area (Å²) in [4.78, 5) is 23.0. The number of phenolic OH excluding ortho intramolecular Hbond substituents is 1. The Bertz CT molecular complexity index is 994. The van der Waals surface area contributed by atoms with Gasteiger partial charge in [0.25, 0.3) is 11.8 Å². The molecule has 2 aromatic rings. The number of rotatable bonds is 4. The SMILES string of the molecule is CNC(=O)c1cccc(Cc2ccc(N3CC(=O)NS3(=O)=O)c(O)c2)c1.[K]. The summed E-state index contributed by atoms with van der Waals surface area (Å²) in [5, 5.41) is 12.8. The summed E-state index contributed by atoms with van der Waals surface area (Å²) >= 11 is 0. The van der Waals surface area contributed by atoms with Gasteiger partial charge in [-0.2, -0.15) is 8.42 Å². The monoisotopic (exact) mass is 414 g/mol. The number of nitrogens with zero attached hydrogens (tertiary/aromatic N) is 1. The van der Waals surface area contributed by atoms with Gasteiger partial charge < -0.3 is 10.4 Å². The topological polar surface area (TPSA) is 116 Å². The number of nitrogens with one attached hydrogen (secondary N) is 2. The van der Waals surface area contributed by atoms with E-state index in [2.05, 4.69) is 5.32 Å². The molecule has 0 atom stereocenters. The molecule has 3 rings (SSSR count). The molecule has 27 heavy (non-hydrogen) atoms. The van der Waals surface area contributed by atoms with Crippen molar-refractivity contribution in [2.45, 2.75) is 6.42 Å². The Morgan fingerprint density at radius 1 is 1.22 bits per heavy atom. The van der Waals surface area contributed by atoms with Crippen LogP contribution in [0.25, 0.3) is 0 Å². The maximum Gasteiger partial charge on any atom is 0.326 e. The Morgan fingerprint density at radius 3 is 2.52 bits per heavy atom. The van der Waals surface area contributed by atoms with Crippen LogP contribution in [0.15, 0.2) is 42.5 Å². The van der Waals surface area contributed by atoms with Crippen LogP contribution in [-0.2, 0) is 21.4 Å². The average molecular weight is 415 g/mol. The maximum absolute atomic E-state index is 11.9. The molecule has 1 saturated heterocycles. The smallest absolute Gasteiger partial charge is 0.326 e. The minimum Gasteiger partial charge on any atom is -0.506 e. The molecule has 0 saturated carbocycles. The van der Waals surface area contributed by atoms with E-state index in [1.807, 2.05) is 10.8 Å². The molecule has 8 nitrogen and oxygen atoms in total. The first-order valence-electron chi connectivity index (χ1n) is 7.76. The fraction of sp³-hybridized carbons (Fsp3) is 0.176. The van der Waals surface area contributed by atoms with E-state index in [0.717, 1.165) is 15.4 Å². The molecular weight excluding hydrogens is 397 g/mol. The van der Waals surface area contributed by atoms with Gasteiger partial charge in [0.15, 0.2) is 0 Å². The number of amides is 2. The molecule has 1 heterocycles. The molecule has 2 aromatic carbocycles. The Labute approximate surface area is 199 Å². The van der Waals surface area contributed by atoms with Crippen LogP contribution in [0, 0.1) is 0 Å². The van der Waals surface area contributed by atoms with Gasteiger partial charge in [-0.1, -0.05) is 18.2 Å². The number of hydrogen-bond acceptors (Lipinski definition) is 5. The minimum absolute atomic E-state index is 0. The van der Waals surface area contributed by atoms with E-state index in [1.165, 1.54) is 12.1 Å². The van der Waals surface area contributed by atoms with Gasteiger partial charge in [0, 0.05) is 64.0 Å². The number of anilines is 1. The van der Waals surface area contributed by atoms with Crippen LogP contribution in [0.2, 0.25) is 0 Å². The van der Waals surface area contributed by atoms with E-state index in [4.69, 9.17) is 0 Å². The first-order valence-corrected chi connectivity index (χ1v) is 9.20. The van der Waals surface area contributed by atoms with Crippen LogP contribution in [0.4, 0.5) is 5.69 Å². The minimum atomic E-state index is -3.97. The Kier molecular flexibility index (Phi) is 7.06. The quantitative estimate of drug-likeness (QED) is 0.616. The van der Waals surface area contributed by atoms with Crippen molar-refractivity contribution in [1.29, 1.82) is 0 Å². The molecule has 0 spiro atoms. The van der Waals surface area contributed by atoms with Gasteiger partial charge in [-0.3, -0.25) is 9.59 Å². The average Bonchev–Trinajstić information content (AvgIpc) is 2.86. The molecule has 0 aromatic heterocycles. The summed E-state index contributed by atoms with van der Waals surface area (Å²) < 4.78 is 26.4. The zero-order valence-corrected chi connectivity index (χ0v) is 18.8.